The van der Waals surface area contributed by atoms with Gasteiger partial charge in [-0.3, -0.25) is 24.0 Å². The Labute approximate surface area is 383 Å². The monoisotopic (exact) mass is 941 g/mol. The summed E-state index contributed by atoms with van der Waals surface area (Å²) in [6.07, 6.45) is 3.76. The van der Waals surface area contributed by atoms with Crippen LogP contribution in [0.15, 0.2) is 45.5 Å². The lowest BCUT2D eigenvalue weighted by Crippen LogP contribution is -2.53. The third-order valence-electron chi connectivity index (χ3n) is 12.3. The summed E-state index contributed by atoms with van der Waals surface area (Å²) in [5.74, 6) is -2.20. The molecule has 2 aromatic carbocycles. The van der Waals surface area contributed by atoms with Gasteiger partial charge in [0.15, 0.2) is 11.4 Å². The largest absolute Gasteiger partial charge is 0.490 e. The topological polar surface area (TPSA) is 254 Å². The number of sulfone groups is 1. The van der Waals surface area contributed by atoms with Crippen LogP contribution in [-0.4, -0.2) is 89.1 Å². The van der Waals surface area contributed by atoms with Crippen molar-refractivity contribution >= 4 is 77.6 Å². The number of pyridine rings is 2. The molecule has 0 fully saturated rings. The van der Waals surface area contributed by atoms with E-state index < -0.39 is 45.3 Å². The van der Waals surface area contributed by atoms with Gasteiger partial charge in [0.1, 0.15) is 18.7 Å². The Kier molecular flexibility index (Phi) is 12.8. The highest BCUT2D eigenvalue weighted by Gasteiger charge is 2.45. The standard InChI is InChI=1S/C46H51N7O11S2/c1-6-46(60)29-20-33-39-27(21-53(33)43(58)28(29)22-64-44(46)59)26-15-17-63-40-32(14-13-31(49-39)37(26)40)50-41(56)24(4)48-42(57)38(23(2)3)52-35(54)10-8-7-9-16-47-36(55)19-25-11-12-30-34(18-25)65-45(51-30)66(5,61)62/h11-14,18,20,23-24,38,60H,6-10,15-17,19,21-22H2,1-5H3,(H,47,55)(H,48,57)(H,50,56)(H,52,54)/t24-,38-,46-/m0/s1. The average molecular weight is 942 g/mol. The second kappa shape index (κ2) is 18.2. The summed E-state index contributed by atoms with van der Waals surface area (Å²) in [6.45, 7) is 7.47. The number of benzene rings is 2. The summed E-state index contributed by atoms with van der Waals surface area (Å²) >= 11 is 1.07. The molecule has 3 aliphatic rings. The van der Waals surface area contributed by atoms with Crippen molar-refractivity contribution in [3.63, 3.8) is 0 Å². The molecule has 0 aliphatic carbocycles. The number of hydrogen-bond donors (Lipinski definition) is 5. The molecule has 5 aromatic rings. The molecule has 0 saturated heterocycles. The van der Waals surface area contributed by atoms with Crippen LogP contribution in [0.2, 0.25) is 0 Å². The van der Waals surface area contributed by atoms with Crippen molar-refractivity contribution < 1.29 is 47.0 Å². The molecule has 0 radical (unpaired) electrons. The Bertz CT molecular complexity index is 3020. The van der Waals surface area contributed by atoms with Crippen molar-refractivity contribution in [1.82, 2.24) is 30.5 Å². The van der Waals surface area contributed by atoms with E-state index in [1.165, 1.54) is 0 Å². The number of nitrogens with zero attached hydrogens (tertiary/aromatic N) is 3. The molecule has 3 atom stereocenters. The number of thiazole rings is 1. The zero-order valence-electron chi connectivity index (χ0n) is 37.2. The van der Waals surface area contributed by atoms with Gasteiger partial charge >= 0.3 is 5.97 Å². The van der Waals surface area contributed by atoms with Crippen LogP contribution in [0.4, 0.5) is 5.69 Å². The highest BCUT2D eigenvalue weighted by atomic mass is 32.2. The molecule has 0 unspecified atom stereocenters. The van der Waals surface area contributed by atoms with Crippen LogP contribution < -0.4 is 31.6 Å². The van der Waals surface area contributed by atoms with Gasteiger partial charge in [-0.15, -0.1) is 11.3 Å². The van der Waals surface area contributed by atoms with E-state index in [2.05, 4.69) is 26.3 Å². The van der Waals surface area contributed by atoms with E-state index in [4.69, 9.17) is 14.5 Å². The number of rotatable bonds is 16. The van der Waals surface area contributed by atoms with Gasteiger partial charge in [0, 0.05) is 42.2 Å². The first kappa shape index (κ1) is 46.3. The van der Waals surface area contributed by atoms with Crippen LogP contribution in [0.1, 0.15) is 87.6 Å². The molecule has 0 spiro atoms. The number of nitrogens with one attached hydrogen (secondary N) is 4. The van der Waals surface area contributed by atoms with Gasteiger partial charge in [-0.05, 0) is 73.6 Å². The molecule has 18 nitrogen and oxygen atoms in total. The fourth-order valence-electron chi connectivity index (χ4n) is 8.68. The van der Waals surface area contributed by atoms with E-state index >= 15 is 0 Å². The molecule has 4 amide bonds. The number of ether oxygens (including phenoxy) is 2. The Hall–Kier alpha value is -6.25. The van der Waals surface area contributed by atoms with Crippen LogP contribution in [0, 0.1) is 5.92 Å². The van der Waals surface area contributed by atoms with Gasteiger partial charge < -0.3 is 40.4 Å². The van der Waals surface area contributed by atoms with Crippen molar-refractivity contribution in [3.8, 4) is 17.1 Å². The van der Waals surface area contributed by atoms with Crippen molar-refractivity contribution in [2.75, 3.05) is 24.7 Å². The number of esters is 1. The molecule has 66 heavy (non-hydrogen) atoms. The quantitative estimate of drug-likeness (QED) is 0.0689. The van der Waals surface area contributed by atoms with E-state index in [0.717, 1.165) is 34.3 Å². The van der Waals surface area contributed by atoms with Gasteiger partial charge in [-0.1, -0.05) is 33.3 Å². The maximum absolute atomic E-state index is 13.8. The number of aliphatic hydroxyl groups is 1. The van der Waals surface area contributed by atoms with Crippen molar-refractivity contribution in [2.45, 2.75) is 108 Å². The SMILES string of the molecule is CC[C@@]1(O)C(=O)OCc2c1cc1n(c2=O)Cc2c-1nc1ccc(NC(=O)[C@H](C)NC(=O)[C@@H](NC(=O)CCCCCNC(=O)Cc3ccc4nc(S(C)(=O)=O)sc4c3)C(C)C)c3c1c2CCO3. The number of anilines is 1. The second-order valence-electron chi connectivity index (χ2n) is 17.4. The zero-order valence-corrected chi connectivity index (χ0v) is 38.8. The molecular formula is C46H51N7O11S2. The van der Waals surface area contributed by atoms with Gasteiger partial charge in [0.05, 0.1) is 57.9 Å². The van der Waals surface area contributed by atoms with Crippen molar-refractivity contribution in [3.05, 3.63) is 74.6 Å². The van der Waals surface area contributed by atoms with E-state index in [9.17, 15) is 42.3 Å². The van der Waals surface area contributed by atoms with Gasteiger partial charge in [0.25, 0.3) is 5.56 Å². The first-order valence-electron chi connectivity index (χ1n) is 21.9. The number of cyclic esters (lactones) is 1. The molecule has 3 aliphatic heterocycles. The molecule has 3 aromatic heterocycles. The van der Waals surface area contributed by atoms with Crippen LogP contribution in [0.3, 0.4) is 0 Å². The van der Waals surface area contributed by atoms with Crippen LogP contribution >= 0.6 is 11.3 Å². The maximum Gasteiger partial charge on any atom is 0.343 e. The molecule has 0 bridgehead atoms. The summed E-state index contributed by atoms with van der Waals surface area (Å²) < 4.78 is 37.3. The Morgan fingerprint density at radius 2 is 1.70 bits per heavy atom. The predicted octanol–water partition coefficient (Wildman–Crippen LogP) is 3.53. The highest BCUT2D eigenvalue weighted by Crippen LogP contribution is 2.45. The van der Waals surface area contributed by atoms with Gasteiger partial charge in [0.2, 0.25) is 37.8 Å². The third kappa shape index (κ3) is 8.88. The zero-order chi connectivity index (χ0) is 47.2. The lowest BCUT2D eigenvalue weighted by atomic mass is 9.86. The van der Waals surface area contributed by atoms with Crippen LogP contribution in [0.25, 0.3) is 32.5 Å². The minimum Gasteiger partial charge on any atom is -0.490 e. The van der Waals surface area contributed by atoms with E-state index in [1.807, 2.05) is 0 Å². The number of amides is 4. The van der Waals surface area contributed by atoms with E-state index in [0.29, 0.717) is 76.2 Å². The first-order chi connectivity index (χ1) is 31.4. The molecule has 348 valence electrons. The van der Waals surface area contributed by atoms with Gasteiger partial charge in [-0.25, -0.2) is 23.2 Å². The Morgan fingerprint density at radius 1 is 0.924 bits per heavy atom. The maximum atomic E-state index is 13.8. The predicted molar refractivity (Wildman–Crippen MR) is 245 cm³/mol. The lowest BCUT2D eigenvalue weighted by molar-refractivity contribution is -0.172. The minimum absolute atomic E-state index is 0.0298. The van der Waals surface area contributed by atoms with Crippen LogP contribution in [-0.2, 0) is 70.1 Å². The second-order valence-corrected chi connectivity index (χ2v) is 20.6. The smallest absolute Gasteiger partial charge is 0.343 e. The molecule has 6 heterocycles. The van der Waals surface area contributed by atoms with Crippen LogP contribution in [0.5, 0.6) is 5.75 Å². The molecule has 0 saturated carbocycles. The number of hydrogen-bond acceptors (Lipinski definition) is 14. The highest BCUT2D eigenvalue weighted by molar-refractivity contribution is 7.92. The minimum atomic E-state index is -3.42. The summed E-state index contributed by atoms with van der Waals surface area (Å²) in [7, 11) is -3.42. The molecule has 8 rings (SSSR count). The number of carbonyl (C=O) groups is 5. The summed E-state index contributed by atoms with van der Waals surface area (Å²) in [5, 5.41) is 23.3. The summed E-state index contributed by atoms with van der Waals surface area (Å²) in [5.41, 5.74) is 3.16. The number of unbranched alkanes of at least 4 members (excludes halogenated alkanes) is 2. The number of aromatic nitrogens is 3. The first-order valence-corrected chi connectivity index (χ1v) is 24.6. The van der Waals surface area contributed by atoms with Crippen molar-refractivity contribution in [2.24, 2.45) is 5.92 Å². The average Bonchev–Trinajstić information content (AvgIpc) is 3.89. The Balaban J connectivity index is 0.835. The normalized spacial score (nSPS) is 17.0. The van der Waals surface area contributed by atoms with E-state index in [1.54, 1.807) is 68.7 Å². The van der Waals surface area contributed by atoms with Gasteiger partial charge in [-0.2, -0.15) is 0 Å². The fourth-order valence-corrected chi connectivity index (χ4v) is 10.6. The van der Waals surface area contributed by atoms with E-state index in [-0.39, 0.29) is 77.8 Å². The third-order valence-corrected chi connectivity index (χ3v) is 15.0. The number of carbonyl (C=O) groups excluding carboxylic acids is 5. The molecule has 20 heteroatoms. The Morgan fingerprint density at radius 3 is 2.44 bits per heavy atom. The summed E-state index contributed by atoms with van der Waals surface area (Å²) in [4.78, 5) is 88.0. The number of fused-ring (bicyclic) bond motifs is 6. The summed E-state index contributed by atoms with van der Waals surface area (Å²) in [6, 6.07) is 8.39. The fraction of sp³-hybridized carbons (Fsp3) is 0.435. The lowest BCUT2D eigenvalue weighted by Gasteiger charge is -2.31. The molecule has 5 N–H and O–H groups in total. The molecular weight excluding hydrogens is 891 g/mol. The van der Waals surface area contributed by atoms with Crippen molar-refractivity contribution in [1.29, 1.82) is 0 Å².